The van der Waals surface area contributed by atoms with E-state index in [0.717, 1.165) is 44.5 Å². The molecule has 2 fully saturated rings. The first-order valence-electron chi connectivity index (χ1n) is 9.15. The van der Waals surface area contributed by atoms with E-state index in [4.69, 9.17) is 0 Å². The van der Waals surface area contributed by atoms with E-state index in [9.17, 15) is 0 Å². The predicted octanol–water partition coefficient (Wildman–Crippen LogP) is 2.98. The molecule has 1 aromatic heterocycles. The Balaban J connectivity index is 0.00000225. The monoisotopic (exact) mass is 477 g/mol. The number of anilines is 1. The van der Waals surface area contributed by atoms with E-state index in [2.05, 4.69) is 56.9 Å². The van der Waals surface area contributed by atoms with E-state index in [0.29, 0.717) is 12.1 Å². The second-order valence-electron chi connectivity index (χ2n) is 7.06. The fraction of sp³-hybridized carbons (Fsp3) is 0.722. The van der Waals surface area contributed by atoms with Crippen molar-refractivity contribution in [3.8, 4) is 0 Å². The number of piperidine rings is 1. The maximum atomic E-state index is 4.41. The quantitative estimate of drug-likeness (QED) is 0.376. The molecule has 0 aromatic carbocycles. The van der Waals surface area contributed by atoms with Crippen molar-refractivity contribution in [2.24, 2.45) is 4.99 Å². The number of hydrogen-bond donors (Lipinski definition) is 2. The minimum Gasteiger partial charge on any atom is -0.363 e. The van der Waals surface area contributed by atoms with Gasteiger partial charge in [-0.3, -0.25) is 9.89 Å². The Morgan fingerprint density at radius 2 is 2.08 bits per heavy atom. The van der Waals surface area contributed by atoms with Crippen LogP contribution in [0.25, 0.3) is 0 Å². The van der Waals surface area contributed by atoms with Gasteiger partial charge in [0.05, 0.1) is 5.00 Å². The lowest BCUT2D eigenvalue weighted by Gasteiger charge is -2.34. The van der Waals surface area contributed by atoms with Crippen molar-refractivity contribution in [1.82, 2.24) is 15.5 Å². The zero-order valence-electron chi connectivity index (χ0n) is 15.6. The zero-order chi connectivity index (χ0) is 16.9. The highest BCUT2D eigenvalue weighted by atomic mass is 127. The molecule has 0 spiro atoms. The van der Waals surface area contributed by atoms with E-state index < -0.39 is 0 Å². The smallest absolute Gasteiger partial charge is 0.191 e. The summed E-state index contributed by atoms with van der Waals surface area (Å²) in [6.45, 7) is 5.48. The summed E-state index contributed by atoms with van der Waals surface area (Å²) in [7, 11) is 4.10. The minimum atomic E-state index is 0. The average Bonchev–Trinajstić information content (AvgIpc) is 3.32. The summed E-state index contributed by atoms with van der Waals surface area (Å²) in [4.78, 5) is 9.38. The van der Waals surface area contributed by atoms with Gasteiger partial charge in [0, 0.05) is 44.8 Å². The molecule has 1 saturated carbocycles. The molecule has 25 heavy (non-hydrogen) atoms. The second-order valence-corrected chi connectivity index (χ2v) is 7.98. The van der Waals surface area contributed by atoms with Crippen LogP contribution in [0.3, 0.4) is 0 Å². The van der Waals surface area contributed by atoms with Gasteiger partial charge in [0.25, 0.3) is 0 Å². The number of aliphatic imine (C=N–C) groups is 1. The minimum absolute atomic E-state index is 0. The van der Waals surface area contributed by atoms with Crippen LogP contribution in [0.1, 0.15) is 32.6 Å². The van der Waals surface area contributed by atoms with Crippen molar-refractivity contribution >= 4 is 46.3 Å². The van der Waals surface area contributed by atoms with Crippen LogP contribution in [-0.2, 0) is 0 Å². The van der Waals surface area contributed by atoms with Gasteiger partial charge in [-0.1, -0.05) is 0 Å². The molecule has 3 rings (SSSR count). The highest BCUT2D eigenvalue weighted by Crippen LogP contribution is 2.27. The Hall–Kier alpha value is -0.540. The first kappa shape index (κ1) is 20.8. The Bertz CT molecular complexity index is 524. The first-order valence-corrected chi connectivity index (χ1v) is 10.0. The van der Waals surface area contributed by atoms with Crippen LogP contribution in [0, 0.1) is 0 Å². The summed E-state index contributed by atoms with van der Waals surface area (Å²) in [5.41, 5.74) is 0. The van der Waals surface area contributed by atoms with E-state index >= 15 is 0 Å². The van der Waals surface area contributed by atoms with Gasteiger partial charge in [-0.2, -0.15) is 0 Å². The topological polar surface area (TPSA) is 42.9 Å². The van der Waals surface area contributed by atoms with Gasteiger partial charge in [-0.05, 0) is 57.2 Å². The first-order chi connectivity index (χ1) is 11.7. The van der Waals surface area contributed by atoms with Crippen LogP contribution in [0.15, 0.2) is 22.5 Å². The van der Waals surface area contributed by atoms with E-state index in [1.807, 2.05) is 18.4 Å². The highest BCUT2D eigenvalue weighted by Gasteiger charge is 2.29. The van der Waals surface area contributed by atoms with Gasteiger partial charge in [-0.15, -0.1) is 35.3 Å². The summed E-state index contributed by atoms with van der Waals surface area (Å²) in [6, 6.07) is 6.21. The number of guanidine groups is 1. The van der Waals surface area contributed by atoms with Gasteiger partial charge in [-0.25, -0.2) is 0 Å². The number of rotatable bonds is 6. The number of likely N-dealkylation sites (N-methyl/N-ethyl adjacent to an activating group) is 1. The van der Waals surface area contributed by atoms with Gasteiger partial charge in [0.15, 0.2) is 5.96 Å². The van der Waals surface area contributed by atoms with E-state index in [1.54, 1.807) is 0 Å². The molecule has 1 aliphatic heterocycles. The molecule has 1 unspecified atom stereocenters. The standard InChI is InChI=1S/C18H31N5S.HI/c1-14(22(3)16-6-7-16)13-20-18(19-2)21-15-8-10-23(11-9-15)17-5-4-12-24-17;/h4-5,12,14-16H,6-11,13H2,1-3H3,(H2,19,20,21);1H. The normalized spacial score (nSPS) is 20.3. The van der Waals surface area contributed by atoms with E-state index in [-0.39, 0.29) is 24.0 Å². The molecule has 2 heterocycles. The molecule has 0 radical (unpaired) electrons. The molecule has 5 nitrogen and oxygen atoms in total. The van der Waals surface area contributed by atoms with Gasteiger partial charge >= 0.3 is 0 Å². The molecule has 2 N–H and O–H groups in total. The van der Waals surface area contributed by atoms with E-state index in [1.165, 1.54) is 17.8 Å². The predicted molar refractivity (Wildman–Crippen MR) is 120 cm³/mol. The third kappa shape index (κ3) is 5.99. The van der Waals surface area contributed by atoms with Crippen molar-refractivity contribution in [3.05, 3.63) is 17.5 Å². The van der Waals surface area contributed by atoms with Crippen molar-refractivity contribution in [1.29, 1.82) is 0 Å². The lowest BCUT2D eigenvalue weighted by molar-refractivity contribution is 0.247. The van der Waals surface area contributed by atoms with Crippen LogP contribution in [0.4, 0.5) is 5.00 Å². The SMILES string of the molecule is CN=C(NCC(C)N(C)C1CC1)NC1CCN(c2cccs2)CC1.I. The molecule has 1 atom stereocenters. The van der Waals surface area contributed by atoms with Crippen molar-refractivity contribution in [3.63, 3.8) is 0 Å². The lowest BCUT2D eigenvalue weighted by Crippen LogP contribution is -2.51. The third-order valence-electron chi connectivity index (χ3n) is 5.26. The molecular weight excluding hydrogens is 445 g/mol. The fourth-order valence-electron chi connectivity index (χ4n) is 3.31. The molecular formula is C18H32IN5S. The highest BCUT2D eigenvalue weighted by molar-refractivity contribution is 14.0. The van der Waals surface area contributed by atoms with Crippen molar-refractivity contribution < 1.29 is 0 Å². The Kier molecular flexibility index (Phi) is 8.28. The summed E-state index contributed by atoms with van der Waals surface area (Å²) in [5.74, 6) is 0.945. The Morgan fingerprint density at radius 3 is 2.64 bits per heavy atom. The number of hydrogen-bond acceptors (Lipinski definition) is 4. The van der Waals surface area contributed by atoms with Crippen LogP contribution in [0.5, 0.6) is 0 Å². The summed E-state index contributed by atoms with van der Waals surface area (Å²) in [5, 5.41) is 10.7. The molecule has 0 amide bonds. The number of nitrogens with one attached hydrogen (secondary N) is 2. The third-order valence-corrected chi connectivity index (χ3v) is 6.19. The summed E-state index contributed by atoms with van der Waals surface area (Å²) in [6.07, 6.45) is 5.04. The molecule has 2 aliphatic rings. The lowest BCUT2D eigenvalue weighted by atomic mass is 10.1. The molecule has 0 bridgehead atoms. The van der Waals surface area contributed by atoms with Crippen LogP contribution >= 0.6 is 35.3 Å². The number of thiophene rings is 1. The second kappa shape index (κ2) is 9.97. The summed E-state index contributed by atoms with van der Waals surface area (Å²) >= 11 is 1.84. The molecule has 1 aromatic rings. The summed E-state index contributed by atoms with van der Waals surface area (Å²) < 4.78 is 0. The van der Waals surface area contributed by atoms with Crippen molar-refractivity contribution in [2.75, 3.05) is 38.6 Å². The van der Waals surface area contributed by atoms with Crippen molar-refractivity contribution in [2.45, 2.75) is 50.7 Å². The maximum Gasteiger partial charge on any atom is 0.191 e. The Morgan fingerprint density at radius 1 is 1.36 bits per heavy atom. The molecule has 7 heteroatoms. The van der Waals surface area contributed by atoms with Crippen LogP contribution < -0.4 is 15.5 Å². The largest absolute Gasteiger partial charge is 0.363 e. The molecule has 1 aliphatic carbocycles. The van der Waals surface area contributed by atoms with Gasteiger partial charge < -0.3 is 15.5 Å². The molecule has 142 valence electrons. The van der Waals surface area contributed by atoms with Crippen LogP contribution in [0.2, 0.25) is 0 Å². The number of halogens is 1. The zero-order valence-corrected chi connectivity index (χ0v) is 18.7. The fourth-order valence-corrected chi connectivity index (χ4v) is 4.10. The van der Waals surface area contributed by atoms with Crippen LogP contribution in [-0.4, -0.2) is 62.7 Å². The Labute approximate surface area is 173 Å². The van der Waals surface area contributed by atoms with Gasteiger partial charge in [0.2, 0.25) is 0 Å². The molecule has 1 saturated heterocycles. The average molecular weight is 477 g/mol. The maximum absolute atomic E-state index is 4.41. The number of nitrogens with zero attached hydrogens (tertiary/aromatic N) is 3. The van der Waals surface area contributed by atoms with Gasteiger partial charge in [0.1, 0.15) is 0 Å².